The van der Waals surface area contributed by atoms with Gasteiger partial charge >= 0.3 is 0 Å². The monoisotopic (exact) mass is 609 g/mol. The van der Waals surface area contributed by atoms with Crippen molar-refractivity contribution in [2.24, 2.45) is 10.9 Å². The molecular weight excluding hydrogens is 570 g/mol. The first-order valence-electron chi connectivity index (χ1n) is 15.1. The van der Waals surface area contributed by atoms with E-state index in [2.05, 4.69) is 9.98 Å². The van der Waals surface area contributed by atoms with Crippen LogP contribution >= 0.6 is 0 Å². The SMILES string of the molecule is CC(=O)N([C@@H](Cc1ccccc1)C(O)C1=NC(C)(C)CO1)N1C(=O)[C@@H](C(C)C)N(C(=O)c2ccccn2)C=C1c1ccccc1. The number of pyridine rings is 1. The van der Waals surface area contributed by atoms with Crippen molar-refractivity contribution in [3.05, 3.63) is 108 Å². The number of aliphatic imine (C=N–C) groups is 1. The Hall–Kier alpha value is -4.83. The molecule has 0 saturated heterocycles. The molecule has 0 saturated carbocycles. The van der Waals surface area contributed by atoms with Crippen molar-refractivity contribution in [3.8, 4) is 0 Å². The van der Waals surface area contributed by atoms with E-state index in [1.54, 1.807) is 36.5 Å². The van der Waals surface area contributed by atoms with Crippen molar-refractivity contribution in [2.45, 2.75) is 64.8 Å². The predicted molar refractivity (Wildman–Crippen MR) is 170 cm³/mol. The number of aromatic nitrogens is 1. The first-order valence-corrected chi connectivity index (χ1v) is 15.1. The molecule has 0 spiro atoms. The van der Waals surface area contributed by atoms with Crippen LogP contribution in [0.4, 0.5) is 0 Å². The lowest BCUT2D eigenvalue weighted by molar-refractivity contribution is -0.167. The fraction of sp³-hybridized carbons (Fsp3) is 0.343. The standard InChI is InChI=1S/C35H39N5O5/c1-23(2)30-34(44)40(29(26-16-10-7-11-17-26)21-38(30)33(43)27-18-12-13-19-36-27)39(24(3)41)28(20-25-14-8-6-9-15-25)31(42)32-37-35(4,5)22-45-32/h6-19,21,23,28,30-31,42H,20,22H2,1-5H3/t28-,30+,31?/m0/s1. The average Bonchev–Trinajstić information content (AvgIpc) is 3.40. The van der Waals surface area contributed by atoms with Gasteiger partial charge in [-0.25, -0.2) is 15.0 Å². The summed E-state index contributed by atoms with van der Waals surface area (Å²) in [7, 11) is 0. The molecule has 3 aromatic rings. The molecule has 3 heterocycles. The molecule has 2 aliphatic heterocycles. The molecule has 2 aromatic carbocycles. The van der Waals surface area contributed by atoms with Crippen molar-refractivity contribution >= 4 is 29.3 Å². The van der Waals surface area contributed by atoms with Crippen LogP contribution in [0.1, 0.15) is 56.2 Å². The topological polar surface area (TPSA) is 116 Å². The normalized spacial score (nSPS) is 19.0. The Balaban J connectivity index is 1.69. The van der Waals surface area contributed by atoms with Crippen LogP contribution in [0.15, 0.2) is 96.3 Å². The lowest BCUT2D eigenvalue weighted by Crippen LogP contribution is -2.64. The Labute approximate surface area is 263 Å². The molecule has 5 rings (SSSR count). The number of hydrogen-bond donors (Lipinski definition) is 1. The van der Waals surface area contributed by atoms with E-state index in [0.29, 0.717) is 11.3 Å². The predicted octanol–water partition coefficient (Wildman–Crippen LogP) is 4.33. The van der Waals surface area contributed by atoms with Crippen LogP contribution in [0, 0.1) is 5.92 Å². The first kappa shape index (κ1) is 31.6. The summed E-state index contributed by atoms with van der Waals surface area (Å²) in [5, 5.41) is 14.5. The maximum atomic E-state index is 14.8. The van der Waals surface area contributed by atoms with Crippen molar-refractivity contribution < 1.29 is 24.2 Å². The maximum Gasteiger partial charge on any atom is 0.277 e. The van der Waals surface area contributed by atoms with E-state index in [1.807, 2.05) is 76.2 Å². The summed E-state index contributed by atoms with van der Waals surface area (Å²) in [5.74, 6) is -1.65. The molecule has 3 amide bonds. The second-order valence-corrected chi connectivity index (χ2v) is 12.3. The van der Waals surface area contributed by atoms with Crippen LogP contribution < -0.4 is 0 Å². The number of nitrogens with zero attached hydrogens (tertiary/aromatic N) is 5. The molecule has 0 bridgehead atoms. The molecule has 234 valence electrons. The van der Waals surface area contributed by atoms with E-state index < -0.39 is 41.4 Å². The van der Waals surface area contributed by atoms with Gasteiger partial charge in [0.05, 0.1) is 17.3 Å². The molecule has 2 aliphatic rings. The first-order chi connectivity index (χ1) is 21.5. The Kier molecular flexibility index (Phi) is 9.15. The second kappa shape index (κ2) is 13.0. The molecular formula is C35H39N5O5. The summed E-state index contributed by atoms with van der Waals surface area (Å²) in [6.07, 6.45) is 1.97. The summed E-state index contributed by atoms with van der Waals surface area (Å²) in [6, 6.07) is 21.6. The molecule has 0 fully saturated rings. The number of aliphatic hydroxyl groups is 1. The van der Waals surface area contributed by atoms with E-state index in [0.717, 1.165) is 5.56 Å². The highest BCUT2D eigenvalue weighted by atomic mass is 16.5. The number of hydrazine groups is 1. The van der Waals surface area contributed by atoms with Crippen LogP contribution in [0.3, 0.4) is 0 Å². The molecule has 0 aliphatic carbocycles. The lowest BCUT2D eigenvalue weighted by atomic mass is 9.96. The third-order valence-corrected chi connectivity index (χ3v) is 7.81. The molecule has 1 N–H and O–H groups in total. The third-order valence-electron chi connectivity index (χ3n) is 7.81. The number of carbonyl (C=O) groups excluding carboxylic acids is 3. The van der Waals surface area contributed by atoms with Crippen LogP contribution in [-0.2, 0) is 20.7 Å². The zero-order chi connectivity index (χ0) is 32.3. The molecule has 1 unspecified atom stereocenters. The van der Waals surface area contributed by atoms with Gasteiger partial charge in [0.25, 0.3) is 11.8 Å². The number of ether oxygens (including phenoxy) is 1. The van der Waals surface area contributed by atoms with Gasteiger partial charge in [-0.3, -0.25) is 24.3 Å². The van der Waals surface area contributed by atoms with Gasteiger partial charge in [0.1, 0.15) is 18.3 Å². The number of aliphatic hydroxyl groups excluding tert-OH is 1. The molecule has 3 atom stereocenters. The van der Waals surface area contributed by atoms with Gasteiger partial charge in [-0.2, -0.15) is 0 Å². The van der Waals surface area contributed by atoms with E-state index in [4.69, 9.17) is 4.74 Å². The summed E-state index contributed by atoms with van der Waals surface area (Å²) < 4.78 is 5.85. The van der Waals surface area contributed by atoms with Crippen LogP contribution in [0.5, 0.6) is 0 Å². The highest BCUT2D eigenvalue weighted by molar-refractivity contribution is 6.02. The Morgan fingerprint density at radius 1 is 1.02 bits per heavy atom. The van der Waals surface area contributed by atoms with Gasteiger partial charge in [-0.15, -0.1) is 0 Å². The van der Waals surface area contributed by atoms with Crippen molar-refractivity contribution in [3.63, 3.8) is 0 Å². The Morgan fingerprint density at radius 2 is 1.67 bits per heavy atom. The minimum Gasteiger partial charge on any atom is -0.476 e. The largest absolute Gasteiger partial charge is 0.476 e. The lowest BCUT2D eigenvalue weighted by Gasteiger charge is -2.48. The van der Waals surface area contributed by atoms with E-state index in [1.165, 1.54) is 28.0 Å². The number of amides is 3. The molecule has 10 nitrogen and oxygen atoms in total. The zero-order valence-corrected chi connectivity index (χ0v) is 26.2. The summed E-state index contributed by atoms with van der Waals surface area (Å²) in [4.78, 5) is 52.7. The minimum atomic E-state index is -1.36. The Bertz CT molecular complexity index is 1590. The van der Waals surface area contributed by atoms with Crippen LogP contribution in [0.2, 0.25) is 0 Å². The summed E-state index contributed by atoms with van der Waals surface area (Å²) >= 11 is 0. The highest BCUT2D eigenvalue weighted by Crippen LogP contribution is 2.35. The van der Waals surface area contributed by atoms with E-state index >= 15 is 0 Å². The van der Waals surface area contributed by atoms with Gasteiger partial charge in [0.15, 0.2) is 6.10 Å². The van der Waals surface area contributed by atoms with Crippen molar-refractivity contribution in [1.82, 2.24) is 19.9 Å². The van der Waals surface area contributed by atoms with Gasteiger partial charge in [-0.05, 0) is 43.9 Å². The number of hydrogen-bond acceptors (Lipinski definition) is 7. The second-order valence-electron chi connectivity index (χ2n) is 12.3. The van der Waals surface area contributed by atoms with E-state index in [-0.39, 0.29) is 30.5 Å². The molecule has 10 heteroatoms. The van der Waals surface area contributed by atoms with Crippen molar-refractivity contribution in [2.75, 3.05) is 6.61 Å². The van der Waals surface area contributed by atoms with Crippen LogP contribution in [-0.4, -0.2) is 79.0 Å². The summed E-state index contributed by atoms with van der Waals surface area (Å²) in [6.45, 7) is 9.11. The van der Waals surface area contributed by atoms with Gasteiger partial charge in [0, 0.05) is 24.9 Å². The molecule has 45 heavy (non-hydrogen) atoms. The fourth-order valence-electron chi connectivity index (χ4n) is 5.71. The minimum absolute atomic E-state index is 0.106. The van der Waals surface area contributed by atoms with Gasteiger partial charge in [0.2, 0.25) is 11.8 Å². The average molecular weight is 610 g/mol. The Morgan fingerprint density at radius 3 is 2.22 bits per heavy atom. The molecule has 0 radical (unpaired) electrons. The zero-order valence-electron chi connectivity index (χ0n) is 26.2. The number of carbonyl (C=O) groups is 3. The molecule has 1 aromatic heterocycles. The highest BCUT2D eigenvalue weighted by Gasteiger charge is 2.48. The number of benzene rings is 2. The maximum absolute atomic E-state index is 14.8. The third kappa shape index (κ3) is 6.66. The smallest absolute Gasteiger partial charge is 0.277 e. The van der Waals surface area contributed by atoms with Gasteiger partial charge < -0.3 is 9.84 Å². The summed E-state index contributed by atoms with van der Waals surface area (Å²) in [5.41, 5.74) is 1.37. The quantitative estimate of drug-likeness (QED) is 0.386. The fourth-order valence-corrected chi connectivity index (χ4v) is 5.71. The van der Waals surface area contributed by atoms with E-state index in [9.17, 15) is 19.5 Å². The van der Waals surface area contributed by atoms with Gasteiger partial charge in [-0.1, -0.05) is 80.6 Å². The van der Waals surface area contributed by atoms with Crippen molar-refractivity contribution in [1.29, 1.82) is 0 Å². The van der Waals surface area contributed by atoms with Crippen LogP contribution in [0.25, 0.3) is 5.70 Å². The number of rotatable bonds is 9.